The van der Waals surface area contributed by atoms with E-state index in [-0.39, 0.29) is 23.1 Å². The van der Waals surface area contributed by atoms with Crippen LogP contribution in [0.1, 0.15) is 51.4 Å². The zero-order valence-corrected chi connectivity index (χ0v) is 14.7. The maximum absolute atomic E-state index is 12.2. The van der Waals surface area contributed by atoms with E-state index in [2.05, 4.69) is 10.6 Å². The van der Waals surface area contributed by atoms with E-state index in [1.807, 2.05) is 4.90 Å². The number of amides is 3. The third kappa shape index (κ3) is 6.29. The molecular weight excluding hydrogens is 310 g/mol. The highest BCUT2D eigenvalue weighted by molar-refractivity contribution is 5.80. The largest absolute Gasteiger partial charge is 0.359 e. The van der Waals surface area contributed by atoms with Gasteiger partial charge in [-0.2, -0.15) is 0 Å². The molecule has 0 saturated carbocycles. The molecule has 7 heteroatoms. The molecule has 1 aliphatic heterocycles. The molecule has 1 aliphatic rings. The molecule has 0 aromatic carbocycles. The molecule has 1 saturated heterocycles. The Hall–Kier alpha value is -1.92. The van der Waals surface area contributed by atoms with Crippen molar-refractivity contribution >= 4 is 24.0 Å². The van der Waals surface area contributed by atoms with Crippen molar-refractivity contribution in [3.8, 4) is 0 Å². The SMILES string of the molecule is CNC(=O)CC1(CC(=O)NC)CCN(C(=O)CCCCC=O)CC1. The molecule has 136 valence electrons. The Balaban J connectivity index is 2.58. The lowest BCUT2D eigenvalue weighted by Crippen LogP contribution is -2.46. The number of carbonyl (C=O) groups excluding carboxylic acids is 4. The smallest absolute Gasteiger partial charge is 0.222 e. The van der Waals surface area contributed by atoms with Crippen molar-refractivity contribution in [3.05, 3.63) is 0 Å². The van der Waals surface area contributed by atoms with E-state index in [0.717, 1.165) is 19.1 Å². The Morgan fingerprint density at radius 2 is 1.54 bits per heavy atom. The summed E-state index contributed by atoms with van der Waals surface area (Å²) < 4.78 is 0. The molecule has 0 aliphatic carbocycles. The maximum Gasteiger partial charge on any atom is 0.222 e. The fourth-order valence-electron chi connectivity index (χ4n) is 3.17. The second kappa shape index (κ2) is 10.1. The lowest BCUT2D eigenvalue weighted by atomic mass is 9.72. The predicted octanol–water partition coefficient (Wildman–Crippen LogP) is 0.627. The van der Waals surface area contributed by atoms with E-state index in [1.165, 1.54) is 0 Å². The summed E-state index contributed by atoms with van der Waals surface area (Å²) in [6, 6.07) is 0. The van der Waals surface area contributed by atoms with Crippen LogP contribution in [0.5, 0.6) is 0 Å². The number of hydrogen-bond acceptors (Lipinski definition) is 4. The van der Waals surface area contributed by atoms with Crippen molar-refractivity contribution in [3.63, 3.8) is 0 Å². The van der Waals surface area contributed by atoms with Gasteiger partial charge in [0.25, 0.3) is 0 Å². The van der Waals surface area contributed by atoms with Crippen LogP contribution in [0.3, 0.4) is 0 Å². The quantitative estimate of drug-likeness (QED) is 0.476. The van der Waals surface area contributed by atoms with Gasteiger partial charge in [-0.05, 0) is 31.1 Å². The van der Waals surface area contributed by atoms with Crippen LogP contribution < -0.4 is 10.6 Å². The van der Waals surface area contributed by atoms with Gasteiger partial charge in [0.1, 0.15) is 6.29 Å². The Labute approximate surface area is 143 Å². The molecule has 2 N–H and O–H groups in total. The van der Waals surface area contributed by atoms with Gasteiger partial charge >= 0.3 is 0 Å². The van der Waals surface area contributed by atoms with Crippen molar-refractivity contribution in [2.75, 3.05) is 27.2 Å². The van der Waals surface area contributed by atoms with Gasteiger partial charge in [-0.25, -0.2) is 0 Å². The lowest BCUT2D eigenvalue weighted by molar-refractivity contribution is -0.135. The Kier molecular flexibility index (Phi) is 8.43. The van der Waals surface area contributed by atoms with Crippen LogP contribution in [0, 0.1) is 5.41 Å². The molecular formula is C17H29N3O4. The van der Waals surface area contributed by atoms with Gasteiger partial charge < -0.3 is 20.3 Å². The summed E-state index contributed by atoms with van der Waals surface area (Å²) in [5.41, 5.74) is -0.380. The minimum Gasteiger partial charge on any atom is -0.359 e. The summed E-state index contributed by atoms with van der Waals surface area (Å²) >= 11 is 0. The summed E-state index contributed by atoms with van der Waals surface area (Å²) in [4.78, 5) is 48.0. The number of nitrogens with one attached hydrogen (secondary N) is 2. The number of hydrogen-bond donors (Lipinski definition) is 2. The first-order valence-electron chi connectivity index (χ1n) is 8.59. The van der Waals surface area contributed by atoms with Gasteiger partial charge in [-0.1, -0.05) is 0 Å². The number of aldehydes is 1. The standard InChI is InChI=1S/C17H29N3O4/c1-18-14(22)12-17(13-15(23)19-2)7-9-20(10-8-17)16(24)6-4-3-5-11-21/h11H,3-10,12-13H2,1-2H3,(H,18,22)(H,19,23). The monoisotopic (exact) mass is 339 g/mol. The minimum atomic E-state index is -0.380. The topological polar surface area (TPSA) is 95.6 Å². The van der Waals surface area contributed by atoms with Crippen LogP contribution in [-0.4, -0.2) is 56.1 Å². The summed E-state index contributed by atoms with van der Waals surface area (Å²) in [5.74, 6) is -0.0607. The van der Waals surface area contributed by atoms with Gasteiger partial charge in [-0.15, -0.1) is 0 Å². The molecule has 1 fully saturated rings. The summed E-state index contributed by atoms with van der Waals surface area (Å²) in [6.07, 6.45) is 5.17. The third-order valence-corrected chi connectivity index (χ3v) is 4.77. The average molecular weight is 339 g/mol. The van der Waals surface area contributed by atoms with Crippen LogP contribution in [0.4, 0.5) is 0 Å². The van der Waals surface area contributed by atoms with Gasteiger partial charge in [0, 0.05) is 52.9 Å². The first kappa shape index (κ1) is 20.1. The van der Waals surface area contributed by atoms with Crippen molar-refractivity contribution in [1.29, 1.82) is 0 Å². The molecule has 0 unspecified atom stereocenters. The minimum absolute atomic E-state index is 0.0763. The summed E-state index contributed by atoms with van der Waals surface area (Å²) in [5, 5.41) is 5.24. The van der Waals surface area contributed by atoms with E-state index >= 15 is 0 Å². The number of unbranched alkanes of at least 4 members (excludes halogenated alkanes) is 2. The van der Waals surface area contributed by atoms with Crippen molar-refractivity contribution < 1.29 is 19.2 Å². The van der Waals surface area contributed by atoms with Crippen molar-refractivity contribution in [2.45, 2.75) is 51.4 Å². The molecule has 0 atom stereocenters. The van der Waals surface area contributed by atoms with E-state index in [4.69, 9.17) is 0 Å². The molecule has 7 nitrogen and oxygen atoms in total. The van der Waals surface area contributed by atoms with Gasteiger partial charge in [-0.3, -0.25) is 14.4 Å². The van der Waals surface area contributed by atoms with Crippen LogP contribution in [0.15, 0.2) is 0 Å². The molecule has 0 bridgehead atoms. The normalized spacial score (nSPS) is 16.3. The zero-order chi connectivity index (χ0) is 18.0. The third-order valence-electron chi connectivity index (χ3n) is 4.77. The summed E-state index contributed by atoms with van der Waals surface area (Å²) in [7, 11) is 3.18. The number of carbonyl (C=O) groups is 4. The number of rotatable bonds is 9. The highest BCUT2D eigenvalue weighted by Crippen LogP contribution is 2.38. The number of nitrogens with zero attached hydrogens (tertiary/aromatic N) is 1. The molecule has 1 rings (SSSR count). The maximum atomic E-state index is 12.2. The highest BCUT2D eigenvalue weighted by Gasteiger charge is 2.38. The zero-order valence-electron chi connectivity index (χ0n) is 14.7. The lowest BCUT2D eigenvalue weighted by Gasteiger charge is -2.41. The van der Waals surface area contributed by atoms with E-state index in [0.29, 0.717) is 51.6 Å². The first-order chi connectivity index (χ1) is 11.5. The molecule has 24 heavy (non-hydrogen) atoms. The second-order valence-electron chi connectivity index (χ2n) is 6.49. The van der Waals surface area contributed by atoms with E-state index < -0.39 is 0 Å². The first-order valence-corrected chi connectivity index (χ1v) is 8.59. The van der Waals surface area contributed by atoms with Crippen molar-refractivity contribution in [2.24, 2.45) is 5.41 Å². The van der Waals surface area contributed by atoms with E-state index in [9.17, 15) is 19.2 Å². The number of likely N-dealkylation sites (tertiary alicyclic amines) is 1. The molecule has 3 amide bonds. The van der Waals surface area contributed by atoms with Crippen LogP contribution in [0.2, 0.25) is 0 Å². The predicted molar refractivity (Wildman–Crippen MR) is 90.1 cm³/mol. The fourth-order valence-corrected chi connectivity index (χ4v) is 3.17. The van der Waals surface area contributed by atoms with Gasteiger partial charge in [0.15, 0.2) is 0 Å². The Morgan fingerprint density at radius 3 is 2.00 bits per heavy atom. The highest BCUT2D eigenvalue weighted by atomic mass is 16.2. The van der Waals surface area contributed by atoms with Crippen LogP contribution in [0.25, 0.3) is 0 Å². The van der Waals surface area contributed by atoms with Gasteiger partial charge in [0.2, 0.25) is 17.7 Å². The fraction of sp³-hybridized carbons (Fsp3) is 0.765. The molecule has 0 spiro atoms. The average Bonchev–Trinajstić information content (AvgIpc) is 2.58. The Bertz CT molecular complexity index is 437. The molecule has 0 aromatic heterocycles. The number of piperidine rings is 1. The van der Waals surface area contributed by atoms with Crippen molar-refractivity contribution in [1.82, 2.24) is 15.5 Å². The second-order valence-corrected chi connectivity index (χ2v) is 6.49. The van der Waals surface area contributed by atoms with Crippen LogP contribution in [-0.2, 0) is 19.2 Å². The Morgan fingerprint density at radius 1 is 1.00 bits per heavy atom. The molecule has 0 radical (unpaired) electrons. The van der Waals surface area contributed by atoms with E-state index in [1.54, 1.807) is 14.1 Å². The molecule has 1 heterocycles. The van der Waals surface area contributed by atoms with Crippen LogP contribution >= 0.6 is 0 Å². The summed E-state index contributed by atoms with van der Waals surface area (Å²) in [6.45, 7) is 1.14. The van der Waals surface area contributed by atoms with Gasteiger partial charge in [0.05, 0.1) is 0 Å². The molecule has 0 aromatic rings.